The van der Waals surface area contributed by atoms with Crippen LogP contribution in [0.15, 0.2) is 24.8 Å². The Morgan fingerprint density at radius 3 is 2.62 bits per heavy atom. The van der Waals surface area contributed by atoms with E-state index in [1.807, 2.05) is 11.8 Å². The average Bonchev–Trinajstić information content (AvgIpc) is 3.33. The molecule has 4 aromatic rings. The molecular weight excluding hydrogens is 593 g/mol. The fraction of sp³-hybridized carbons (Fsp3) is 0.286. The van der Waals surface area contributed by atoms with E-state index in [0.717, 1.165) is 11.3 Å². The maximum absolute atomic E-state index is 16.6. The van der Waals surface area contributed by atoms with Crippen molar-refractivity contribution in [2.24, 2.45) is 0 Å². The van der Waals surface area contributed by atoms with Gasteiger partial charge in [0.05, 0.1) is 34.0 Å². The average molecular weight is 615 g/mol. The first-order chi connectivity index (χ1) is 20.0. The van der Waals surface area contributed by atoms with Gasteiger partial charge >= 0.3 is 0 Å². The van der Waals surface area contributed by atoms with Gasteiger partial charge in [-0.1, -0.05) is 29.5 Å². The molecule has 0 bridgehead atoms. The van der Waals surface area contributed by atoms with Crippen LogP contribution in [0.3, 0.4) is 0 Å². The van der Waals surface area contributed by atoms with Gasteiger partial charge in [0.25, 0.3) is 5.91 Å². The summed E-state index contributed by atoms with van der Waals surface area (Å²) < 4.78 is 52.5. The van der Waals surface area contributed by atoms with Crippen molar-refractivity contribution in [2.75, 3.05) is 35.2 Å². The van der Waals surface area contributed by atoms with E-state index in [4.69, 9.17) is 22.1 Å². The molecule has 2 N–H and O–H groups in total. The van der Waals surface area contributed by atoms with Crippen molar-refractivity contribution in [2.45, 2.75) is 32.0 Å². The van der Waals surface area contributed by atoms with Crippen molar-refractivity contribution in [1.29, 1.82) is 0 Å². The molecule has 14 heteroatoms. The van der Waals surface area contributed by atoms with Crippen LogP contribution in [0, 0.1) is 17.5 Å². The number of nitrogens with zero attached hydrogens (tertiary/aromatic N) is 5. The van der Waals surface area contributed by atoms with Gasteiger partial charge in [0.1, 0.15) is 35.0 Å². The fourth-order valence-corrected chi connectivity index (χ4v) is 7.24. The number of halogens is 4. The number of ether oxygens (including phenoxy) is 1. The molecule has 3 atom stereocenters. The molecule has 0 aliphatic carbocycles. The van der Waals surface area contributed by atoms with Crippen molar-refractivity contribution >= 4 is 72.4 Å². The second kappa shape index (κ2) is 9.20. The number of rotatable bonds is 2. The maximum Gasteiger partial charge on any atom is 0.251 e. The SMILES string of the molecule is C=CC(=O)N1C[C@@H]2C(=O)N3C[C@@H](C)Oc4nc5c(F)c(-c6c(F)cc(F)c7sc(N)nc67)c(Cl)cc5c(c43)N2C[C@H]1C. The van der Waals surface area contributed by atoms with Crippen molar-refractivity contribution in [3.05, 3.63) is 47.3 Å². The molecular formula is C28H22ClF3N6O3S. The zero-order valence-electron chi connectivity index (χ0n) is 22.3. The molecule has 0 unspecified atom stereocenters. The number of thiazole rings is 1. The highest BCUT2D eigenvalue weighted by atomic mass is 35.5. The summed E-state index contributed by atoms with van der Waals surface area (Å²) in [4.78, 5) is 39.9. The van der Waals surface area contributed by atoms with Gasteiger partial charge in [0.15, 0.2) is 10.9 Å². The second-order valence-electron chi connectivity index (χ2n) is 10.6. The number of benzene rings is 2. The highest BCUT2D eigenvalue weighted by molar-refractivity contribution is 7.22. The molecule has 3 aliphatic rings. The second-order valence-corrected chi connectivity index (χ2v) is 12.0. The first-order valence-electron chi connectivity index (χ1n) is 13.1. The number of fused-ring (bicyclic) bond motifs is 5. The number of carbonyl (C=O) groups excluding carboxylic acids is 2. The molecule has 2 aromatic carbocycles. The van der Waals surface area contributed by atoms with E-state index in [2.05, 4.69) is 16.5 Å². The first-order valence-corrected chi connectivity index (χ1v) is 14.3. The molecule has 7 rings (SSSR count). The Morgan fingerprint density at radius 1 is 1.12 bits per heavy atom. The van der Waals surface area contributed by atoms with Crippen LogP contribution in [0.1, 0.15) is 13.8 Å². The number of pyridine rings is 1. The van der Waals surface area contributed by atoms with Gasteiger partial charge in [0, 0.05) is 35.2 Å². The lowest BCUT2D eigenvalue weighted by atomic mass is 9.95. The number of piperazine rings is 1. The maximum atomic E-state index is 16.6. The molecule has 216 valence electrons. The summed E-state index contributed by atoms with van der Waals surface area (Å²) in [5.41, 5.74) is 5.61. The lowest BCUT2D eigenvalue weighted by molar-refractivity contribution is -0.131. The molecule has 3 aliphatic heterocycles. The summed E-state index contributed by atoms with van der Waals surface area (Å²) in [6.07, 6.45) is 0.737. The van der Waals surface area contributed by atoms with Gasteiger partial charge in [-0.05, 0) is 26.0 Å². The molecule has 2 amide bonds. The Labute approximate surface area is 245 Å². The highest BCUT2D eigenvalue weighted by Gasteiger charge is 2.48. The van der Waals surface area contributed by atoms with Crippen LogP contribution in [0.4, 0.5) is 29.7 Å². The van der Waals surface area contributed by atoms with E-state index in [1.54, 1.807) is 16.7 Å². The minimum Gasteiger partial charge on any atom is -0.471 e. The number of anilines is 3. The number of hydrogen-bond donors (Lipinski definition) is 1. The van der Waals surface area contributed by atoms with Crippen molar-refractivity contribution in [1.82, 2.24) is 14.9 Å². The Bertz CT molecular complexity index is 1900. The third-order valence-corrected chi connectivity index (χ3v) is 9.18. The summed E-state index contributed by atoms with van der Waals surface area (Å²) in [6.45, 7) is 7.74. The van der Waals surface area contributed by atoms with E-state index in [1.165, 1.54) is 12.1 Å². The molecule has 2 aromatic heterocycles. The number of nitrogen functional groups attached to an aromatic ring is 1. The lowest BCUT2D eigenvalue weighted by Gasteiger charge is -2.51. The number of aromatic nitrogens is 2. The third-order valence-electron chi connectivity index (χ3n) is 7.98. The van der Waals surface area contributed by atoms with E-state index in [9.17, 15) is 14.0 Å². The summed E-state index contributed by atoms with van der Waals surface area (Å²) in [5.74, 6) is -3.42. The molecule has 0 saturated carbocycles. The number of hydrogen-bond acceptors (Lipinski definition) is 8. The fourth-order valence-electron chi connectivity index (χ4n) is 6.21. The van der Waals surface area contributed by atoms with Gasteiger partial charge in [-0.25, -0.2) is 23.1 Å². The smallest absolute Gasteiger partial charge is 0.251 e. The van der Waals surface area contributed by atoms with Crippen LogP contribution in [0.25, 0.3) is 32.2 Å². The van der Waals surface area contributed by atoms with Gasteiger partial charge in [0.2, 0.25) is 11.8 Å². The summed E-state index contributed by atoms with van der Waals surface area (Å²) in [6, 6.07) is 1.01. The summed E-state index contributed by atoms with van der Waals surface area (Å²) in [7, 11) is 0. The van der Waals surface area contributed by atoms with Gasteiger partial charge < -0.3 is 25.2 Å². The van der Waals surface area contributed by atoms with Crippen LogP contribution in [-0.4, -0.2) is 64.5 Å². The van der Waals surface area contributed by atoms with Crippen LogP contribution in [0.5, 0.6) is 5.88 Å². The largest absolute Gasteiger partial charge is 0.471 e. The predicted octanol–water partition coefficient (Wildman–Crippen LogP) is 4.88. The minimum absolute atomic E-state index is 0.0221. The molecule has 0 radical (unpaired) electrons. The van der Waals surface area contributed by atoms with Gasteiger partial charge in [-0.2, -0.15) is 0 Å². The molecule has 0 spiro atoms. The van der Waals surface area contributed by atoms with E-state index >= 15 is 8.78 Å². The minimum atomic E-state index is -1.07. The first kappa shape index (κ1) is 26.8. The van der Waals surface area contributed by atoms with E-state index in [-0.39, 0.29) is 85.8 Å². The zero-order chi connectivity index (χ0) is 29.8. The molecule has 5 heterocycles. The lowest BCUT2D eigenvalue weighted by Crippen LogP contribution is -2.67. The monoisotopic (exact) mass is 614 g/mol. The van der Waals surface area contributed by atoms with E-state index < -0.39 is 29.6 Å². The number of carbonyl (C=O) groups is 2. The highest BCUT2D eigenvalue weighted by Crippen LogP contribution is 2.52. The molecule has 1 fully saturated rings. The van der Waals surface area contributed by atoms with E-state index in [0.29, 0.717) is 17.4 Å². The Hall–Kier alpha value is -4.10. The Kier molecular flexibility index (Phi) is 5.87. The Morgan fingerprint density at radius 2 is 1.88 bits per heavy atom. The number of amides is 2. The van der Waals surface area contributed by atoms with Crippen LogP contribution >= 0.6 is 22.9 Å². The molecule has 1 saturated heterocycles. The van der Waals surface area contributed by atoms with Crippen LogP contribution < -0.4 is 20.3 Å². The van der Waals surface area contributed by atoms with Crippen molar-refractivity contribution < 1.29 is 27.5 Å². The summed E-state index contributed by atoms with van der Waals surface area (Å²) in [5, 5.41) is 0.0778. The van der Waals surface area contributed by atoms with Gasteiger partial charge in [-0.3, -0.25) is 9.59 Å². The van der Waals surface area contributed by atoms with Crippen LogP contribution in [-0.2, 0) is 9.59 Å². The molecule has 42 heavy (non-hydrogen) atoms. The van der Waals surface area contributed by atoms with Gasteiger partial charge in [-0.15, -0.1) is 0 Å². The Balaban J connectivity index is 1.51. The van der Waals surface area contributed by atoms with Crippen molar-refractivity contribution in [3.63, 3.8) is 0 Å². The normalized spacial score (nSPS) is 21.4. The zero-order valence-corrected chi connectivity index (χ0v) is 23.8. The predicted molar refractivity (Wildman–Crippen MR) is 155 cm³/mol. The summed E-state index contributed by atoms with van der Waals surface area (Å²) >= 11 is 7.50. The number of nitrogens with two attached hydrogens (primary N) is 1. The molecule has 9 nitrogen and oxygen atoms in total. The quantitative estimate of drug-likeness (QED) is 0.321. The van der Waals surface area contributed by atoms with Crippen LogP contribution in [0.2, 0.25) is 5.02 Å². The standard InChI is InChI=1S/C28H22ClF3N6O3S/c1-4-17(39)36-9-16-27(40)38-8-11(3)41-26-24(38)23(37(16)7-10(36)2)12-5-13(29)18(20(32)21(12)34-26)19-14(30)6-15(31)25-22(19)35-28(33)42-25/h4-6,10-11,16H,1,7-9H2,2-3H3,(H2,33,35)/t10-,11-,16-/m1/s1. The topological polar surface area (TPSA) is 105 Å². The van der Waals surface area contributed by atoms with Crippen molar-refractivity contribution in [3.8, 4) is 17.0 Å². The third kappa shape index (κ3) is 3.62.